The molecule has 0 bridgehead atoms. The second-order valence-corrected chi connectivity index (χ2v) is 4.80. The number of nitrogens with two attached hydrogens (primary N) is 1. The average Bonchev–Trinajstić information content (AvgIpc) is 3.08. The molecule has 2 N–H and O–H groups in total. The SMILES string of the molecule is CCn1cncc1C1(C2(N)CC2)CC1. The molecule has 1 aromatic rings. The number of aryl methyl sites for hydroxylation is 1. The van der Waals surface area contributed by atoms with Gasteiger partial charge >= 0.3 is 0 Å². The highest BCUT2D eigenvalue weighted by atomic mass is 15.1. The van der Waals surface area contributed by atoms with Gasteiger partial charge in [-0.05, 0) is 32.6 Å². The zero-order valence-corrected chi connectivity index (χ0v) is 8.66. The Morgan fingerprint density at radius 3 is 2.64 bits per heavy atom. The van der Waals surface area contributed by atoms with E-state index in [1.807, 2.05) is 12.5 Å². The number of rotatable bonds is 3. The third-order valence-corrected chi connectivity index (χ3v) is 4.04. The molecule has 0 saturated heterocycles. The van der Waals surface area contributed by atoms with Crippen LogP contribution in [0.3, 0.4) is 0 Å². The van der Waals surface area contributed by atoms with Crippen molar-refractivity contribution in [2.75, 3.05) is 0 Å². The predicted octanol–water partition coefficient (Wildman–Crippen LogP) is 1.43. The summed E-state index contributed by atoms with van der Waals surface area (Å²) in [6.45, 7) is 3.17. The molecule has 0 amide bonds. The Morgan fingerprint density at radius 1 is 1.43 bits per heavy atom. The number of hydrogen-bond donors (Lipinski definition) is 1. The summed E-state index contributed by atoms with van der Waals surface area (Å²) in [6.07, 6.45) is 8.86. The molecule has 0 radical (unpaired) electrons. The van der Waals surface area contributed by atoms with Gasteiger partial charge in [-0.25, -0.2) is 4.98 Å². The van der Waals surface area contributed by atoms with Crippen LogP contribution in [-0.2, 0) is 12.0 Å². The summed E-state index contributed by atoms with van der Waals surface area (Å²) >= 11 is 0. The Morgan fingerprint density at radius 2 is 2.14 bits per heavy atom. The van der Waals surface area contributed by atoms with Crippen LogP contribution in [0, 0.1) is 0 Å². The van der Waals surface area contributed by atoms with Crippen molar-refractivity contribution in [3.63, 3.8) is 0 Å². The van der Waals surface area contributed by atoms with Crippen LogP contribution in [0.5, 0.6) is 0 Å². The fourth-order valence-electron chi connectivity index (χ4n) is 2.72. The van der Waals surface area contributed by atoms with Crippen molar-refractivity contribution < 1.29 is 0 Å². The molecule has 1 heterocycles. The minimum Gasteiger partial charge on any atom is -0.334 e. The van der Waals surface area contributed by atoms with Crippen LogP contribution >= 0.6 is 0 Å². The topological polar surface area (TPSA) is 43.8 Å². The summed E-state index contributed by atoms with van der Waals surface area (Å²) in [5.41, 5.74) is 8.14. The summed E-state index contributed by atoms with van der Waals surface area (Å²) in [7, 11) is 0. The lowest BCUT2D eigenvalue weighted by Crippen LogP contribution is -2.38. The smallest absolute Gasteiger partial charge is 0.0948 e. The largest absolute Gasteiger partial charge is 0.334 e. The van der Waals surface area contributed by atoms with Crippen molar-refractivity contribution in [1.29, 1.82) is 0 Å². The van der Waals surface area contributed by atoms with E-state index in [0.29, 0.717) is 5.41 Å². The summed E-state index contributed by atoms with van der Waals surface area (Å²) in [5, 5.41) is 0. The molecule has 2 aliphatic carbocycles. The number of hydrogen-bond acceptors (Lipinski definition) is 2. The second-order valence-electron chi connectivity index (χ2n) is 4.80. The van der Waals surface area contributed by atoms with Gasteiger partial charge in [0.05, 0.1) is 6.33 Å². The van der Waals surface area contributed by atoms with Crippen molar-refractivity contribution in [1.82, 2.24) is 9.55 Å². The normalized spacial score (nSPS) is 26.1. The lowest BCUT2D eigenvalue weighted by Gasteiger charge is -2.23. The maximum absolute atomic E-state index is 6.36. The Bertz CT molecular complexity index is 358. The molecule has 0 unspecified atom stereocenters. The molecule has 3 rings (SSSR count). The summed E-state index contributed by atoms with van der Waals surface area (Å²) in [4.78, 5) is 4.25. The van der Waals surface area contributed by atoms with Crippen LogP contribution in [0.4, 0.5) is 0 Å². The summed E-state index contributed by atoms with van der Waals surface area (Å²) < 4.78 is 2.25. The molecule has 3 heteroatoms. The molecule has 1 aromatic heterocycles. The van der Waals surface area contributed by atoms with Crippen LogP contribution in [0.1, 0.15) is 38.3 Å². The minimum atomic E-state index is 0.111. The monoisotopic (exact) mass is 191 g/mol. The van der Waals surface area contributed by atoms with Gasteiger partial charge in [-0.15, -0.1) is 0 Å². The first-order valence-electron chi connectivity index (χ1n) is 5.51. The van der Waals surface area contributed by atoms with Gasteiger partial charge in [0.1, 0.15) is 0 Å². The zero-order valence-electron chi connectivity index (χ0n) is 8.66. The minimum absolute atomic E-state index is 0.111. The molecule has 2 aliphatic rings. The number of imidazole rings is 1. The molecule has 2 saturated carbocycles. The van der Waals surface area contributed by atoms with E-state index >= 15 is 0 Å². The fraction of sp³-hybridized carbons (Fsp3) is 0.727. The molecule has 76 valence electrons. The van der Waals surface area contributed by atoms with Gasteiger partial charge in [0.2, 0.25) is 0 Å². The Balaban J connectivity index is 2.02. The first-order valence-corrected chi connectivity index (χ1v) is 5.51. The van der Waals surface area contributed by atoms with E-state index in [4.69, 9.17) is 5.73 Å². The highest BCUT2D eigenvalue weighted by molar-refractivity contribution is 5.36. The molecule has 3 nitrogen and oxygen atoms in total. The van der Waals surface area contributed by atoms with E-state index in [2.05, 4.69) is 16.5 Å². The first-order chi connectivity index (χ1) is 6.72. The fourth-order valence-corrected chi connectivity index (χ4v) is 2.72. The molecule has 0 aliphatic heterocycles. The van der Waals surface area contributed by atoms with E-state index in [-0.39, 0.29) is 5.54 Å². The van der Waals surface area contributed by atoms with Crippen LogP contribution in [0.2, 0.25) is 0 Å². The van der Waals surface area contributed by atoms with Gasteiger partial charge in [-0.3, -0.25) is 0 Å². The molecule has 0 spiro atoms. The van der Waals surface area contributed by atoms with Gasteiger partial charge in [0.15, 0.2) is 0 Å². The van der Waals surface area contributed by atoms with Crippen LogP contribution in [0.15, 0.2) is 12.5 Å². The van der Waals surface area contributed by atoms with E-state index in [0.717, 1.165) is 6.54 Å². The van der Waals surface area contributed by atoms with Gasteiger partial charge in [-0.1, -0.05) is 0 Å². The van der Waals surface area contributed by atoms with E-state index in [1.165, 1.54) is 31.4 Å². The molecular formula is C11H17N3. The Labute approximate surface area is 84.3 Å². The second kappa shape index (κ2) is 2.40. The quantitative estimate of drug-likeness (QED) is 0.785. The Kier molecular flexibility index (Phi) is 1.45. The summed E-state index contributed by atoms with van der Waals surface area (Å²) in [5.74, 6) is 0. The zero-order chi connectivity index (χ0) is 9.81. The number of nitrogens with zero attached hydrogens (tertiary/aromatic N) is 2. The maximum Gasteiger partial charge on any atom is 0.0948 e. The van der Waals surface area contributed by atoms with E-state index in [9.17, 15) is 0 Å². The standard InChI is InChI=1S/C11H17N3/c1-2-14-8-13-7-9(14)10(3-4-10)11(12)5-6-11/h7-8H,2-6,12H2,1H3. The third-order valence-electron chi connectivity index (χ3n) is 4.04. The molecular weight excluding hydrogens is 174 g/mol. The molecule has 2 fully saturated rings. The van der Waals surface area contributed by atoms with Crippen LogP contribution in [0.25, 0.3) is 0 Å². The van der Waals surface area contributed by atoms with Crippen molar-refractivity contribution in [3.8, 4) is 0 Å². The first kappa shape index (κ1) is 8.48. The van der Waals surface area contributed by atoms with Crippen LogP contribution in [-0.4, -0.2) is 15.1 Å². The van der Waals surface area contributed by atoms with Gasteiger partial charge < -0.3 is 10.3 Å². The highest BCUT2D eigenvalue weighted by Crippen LogP contribution is 2.63. The third kappa shape index (κ3) is 0.883. The maximum atomic E-state index is 6.36. The van der Waals surface area contributed by atoms with Crippen molar-refractivity contribution in [2.24, 2.45) is 5.73 Å². The lowest BCUT2D eigenvalue weighted by molar-refractivity contribution is 0.469. The van der Waals surface area contributed by atoms with E-state index in [1.54, 1.807) is 0 Å². The average molecular weight is 191 g/mol. The van der Waals surface area contributed by atoms with Gasteiger partial charge in [-0.2, -0.15) is 0 Å². The lowest BCUT2D eigenvalue weighted by atomic mass is 9.91. The Hall–Kier alpha value is -0.830. The predicted molar refractivity (Wildman–Crippen MR) is 55.0 cm³/mol. The molecule has 14 heavy (non-hydrogen) atoms. The van der Waals surface area contributed by atoms with Crippen molar-refractivity contribution in [2.45, 2.75) is 50.1 Å². The molecule has 0 aromatic carbocycles. The van der Waals surface area contributed by atoms with Crippen molar-refractivity contribution in [3.05, 3.63) is 18.2 Å². The van der Waals surface area contributed by atoms with Crippen LogP contribution < -0.4 is 5.73 Å². The van der Waals surface area contributed by atoms with Gasteiger partial charge in [0, 0.05) is 29.4 Å². The summed E-state index contributed by atoms with van der Waals surface area (Å²) in [6, 6.07) is 0. The van der Waals surface area contributed by atoms with Crippen molar-refractivity contribution >= 4 is 0 Å². The van der Waals surface area contributed by atoms with Gasteiger partial charge in [0.25, 0.3) is 0 Å². The van der Waals surface area contributed by atoms with E-state index < -0.39 is 0 Å². The highest BCUT2D eigenvalue weighted by Gasteiger charge is 2.65. The molecule has 0 atom stereocenters. The number of aromatic nitrogens is 2.